The molecule has 98 valence electrons. The normalized spacial score (nSPS) is 14.9. The van der Waals surface area contributed by atoms with Gasteiger partial charge < -0.3 is 16.3 Å². The molecule has 0 fully saturated rings. The number of carbonyl (C=O) groups is 1. The summed E-state index contributed by atoms with van der Waals surface area (Å²) in [4.78, 5) is 16.1. The van der Waals surface area contributed by atoms with Gasteiger partial charge in [0.15, 0.2) is 5.84 Å². The zero-order valence-corrected chi connectivity index (χ0v) is 10.5. The van der Waals surface area contributed by atoms with Crippen molar-refractivity contribution in [2.24, 2.45) is 16.8 Å². The molecular formula is C12H18N4O2. The first-order chi connectivity index (χ1) is 8.60. The van der Waals surface area contributed by atoms with Gasteiger partial charge in [0.2, 0.25) is 5.91 Å². The lowest BCUT2D eigenvalue weighted by molar-refractivity contribution is -0.123. The van der Waals surface area contributed by atoms with Gasteiger partial charge in [-0.15, -0.1) is 0 Å². The highest BCUT2D eigenvalue weighted by Crippen LogP contribution is 2.11. The molecule has 0 bridgehead atoms. The highest BCUT2D eigenvalue weighted by Gasteiger charge is 2.23. The van der Waals surface area contributed by atoms with Gasteiger partial charge in [-0.1, -0.05) is 18.1 Å². The Morgan fingerprint density at radius 1 is 1.61 bits per heavy atom. The first-order valence-corrected chi connectivity index (χ1v) is 5.78. The van der Waals surface area contributed by atoms with E-state index in [1.807, 2.05) is 25.1 Å². The second-order valence-corrected chi connectivity index (χ2v) is 3.97. The van der Waals surface area contributed by atoms with Gasteiger partial charge in [0.25, 0.3) is 0 Å². The van der Waals surface area contributed by atoms with E-state index >= 15 is 0 Å². The maximum Gasteiger partial charge on any atom is 0.231 e. The van der Waals surface area contributed by atoms with Crippen LogP contribution in [0.5, 0.6) is 0 Å². The zero-order valence-electron chi connectivity index (χ0n) is 10.5. The number of aromatic nitrogens is 1. The van der Waals surface area contributed by atoms with Crippen LogP contribution in [0.25, 0.3) is 0 Å². The molecule has 1 heterocycles. The van der Waals surface area contributed by atoms with Gasteiger partial charge in [0.05, 0.1) is 17.7 Å². The van der Waals surface area contributed by atoms with Crippen molar-refractivity contribution in [1.29, 1.82) is 0 Å². The van der Waals surface area contributed by atoms with E-state index < -0.39 is 5.92 Å². The first kappa shape index (κ1) is 14.0. The number of rotatable bonds is 5. The molecule has 6 nitrogen and oxygen atoms in total. The molecule has 2 atom stereocenters. The first-order valence-electron chi connectivity index (χ1n) is 5.78. The number of nitrogens with two attached hydrogens (primary N) is 1. The van der Waals surface area contributed by atoms with Crippen molar-refractivity contribution in [2.45, 2.75) is 26.3 Å². The van der Waals surface area contributed by atoms with E-state index in [-0.39, 0.29) is 17.8 Å². The summed E-state index contributed by atoms with van der Waals surface area (Å²) in [7, 11) is 0. The maximum absolute atomic E-state index is 11.9. The molecule has 0 aliphatic heterocycles. The third-order valence-corrected chi connectivity index (χ3v) is 2.69. The summed E-state index contributed by atoms with van der Waals surface area (Å²) < 4.78 is 0. The number of amidine groups is 1. The average molecular weight is 250 g/mol. The number of carbonyl (C=O) groups excluding carboxylic acids is 1. The number of nitrogens with zero attached hydrogens (tertiary/aromatic N) is 2. The molecule has 1 rings (SSSR count). The summed E-state index contributed by atoms with van der Waals surface area (Å²) in [5.74, 6) is -0.977. The van der Waals surface area contributed by atoms with Gasteiger partial charge in [-0.25, -0.2) is 0 Å². The fourth-order valence-electron chi connectivity index (χ4n) is 1.62. The smallest absolute Gasteiger partial charge is 0.231 e. The molecule has 0 aromatic carbocycles. The lowest BCUT2D eigenvalue weighted by Crippen LogP contribution is -2.39. The Kier molecular flexibility index (Phi) is 5.10. The third-order valence-electron chi connectivity index (χ3n) is 2.69. The SMILES string of the molecule is CCC(C(=O)NC(C)c1ccccn1)C(N)=NO. The van der Waals surface area contributed by atoms with E-state index in [9.17, 15) is 4.79 Å². The molecule has 6 heteroatoms. The summed E-state index contributed by atoms with van der Waals surface area (Å²) in [5.41, 5.74) is 6.23. The lowest BCUT2D eigenvalue weighted by Gasteiger charge is -2.18. The fourth-order valence-corrected chi connectivity index (χ4v) is 1.62. The third kappa shape index (κ3) is 3.44. The highest BCUT2D eigenvalue weighted by atomic mass is 16.4. The minimum absolute atomic E-state index is 0.0804. The van der Waals surface area contributed by atoms with Crippen molar-refractivity contribution >= 4 is 11.7 Å². The lowest BCUT2D eigenvalue weighted by atomic mass is 10.0. The standard InChI is InChI=1S/C12H18N4O2/c1-3-9(11(13)16-18)12(17)15-8(2)10-6-4-5-7-14-10/h4-9,18H,3H2,1-2H3,(H2,13,16)(H,15,17). The predicted molar refractivity (Wildman–Crippen MR) is 68.0 cm³/mol. The Morgan fingerprint density at radius 3 is 2.83 bits per heavy atom. The van der Waals surface area contributed by atoms with E-state index in [1.165, 1.54) is 0 Å². The number of oxime groups is 1. The van der Waals surface area contributed by atoms with Crippen LogP contribution in [0.2, 0.25) is 0 Å². The van der Waals surface area contributed by atoms with E-state index in [0.29, 0.717) is 6.42 Å². The second-order valence-electron chi connectivity index (χ2n) is 3.97. The average Bonchev–Trinajstić information content (AvgIpc) is 2.40. The summed E-state index contributed by atoms with van der Waals surface area (Å²) in [5, 5.41) is 14.3. The van der Waals surface area contributed by atoms with Crippen LogP contribution in [0, 0.1) is 5.92 Å². The van der Waals surface area contributed by atoms with Crippen LogP contribution in [-0.2, 0) is 4.79 Å². The Bertz CT molecular complexity index is 419. The van der Waals surface area contributed by atoms with Crippen molar-refractivity contribution in [2.75, 3.05) is 0 Å². The monoisotopic (exact) mass is 250 g/mol. The molecule has 0 saturated heterocycles. The molecule has 0 spiro atoms. The van der Waals surface area contributed by atoms with Gasteiger partial charge >= 0.3 is 0 Å². The number of hydrogen-bond acceptors (Lipinski definition) is 4. The Hall–Kier alpha value is -2.11. The minimum Gasteiger partial charge on any atom is -0.409 e. The molecule has 2 unspecified atom stereocenters. The van der Waals surface area contributed by atoms with Gasteiger partial charge in [0, 0.05) is 6.20 Å². The number of pyridine rings is 1. The van der Waals surface area contributed by atoms with E-state index in [4.69, 9.17) is 10.9 Å². The van der Waals surface area contributed by atoms with Crippen molar-refractivity contribution in [1.82, 2.24) is 10.3 Å². The number of amides is 1. The van der Waals surface area contributed by atoms with Crippen molar-refractivity contribution < 1.29 is 10.0 Å². The Morgan fingerprint density at radius 2 is 2.33 bits per heavy atom. The quantitative estimate of drug-likeness (QED) is 0.314. The molecule has 0 radical (unpaired) electrons. The van der Waals surface area contributed by atoms with Crippen LogP contribution in [0.4, 0.5) is 0 Å². The van der Waals surface area contributed by atoms with E-state index in [0.717, 1.165) is 5.69 Å². The van der Waals surface area contributed by atoms with Gasteiger partial charge in [-0.05, 0) is 25.5 Å². The molecule has 4 N–H and O–H groups in total. The molecule has 0 aliphatic rings. The zero-order chi connectivity index (χ0) is 13.5. The van der Waals surface area contributed by atoms with E-state index in [1.54, 1.807) is 13.1 Å². The Labute approximate surface area is 106 Å². The van der Waals surface area contributed by atoms with Crippen LogP contribution in [0.3, 0.4) is 0 Å². The summed E-state index contributed by atoms with van der Waals surface area (Å²) >= 11 is 0. The van der Waals surface area contributed by atoms with Crippen LogP contribution >= 0.6 is 0 Å². The second kappa shape index (κ2) is 6.58. The van der Waals surface area contributed by atoms with Crippen LogP contribution in [-0.4, -0.2) is 21.9 Å². The largest absolute Gasteiger partial charge is 0.409 e. The van der Waals surface area contributed by atoms with Crippen LogP contribution < -0.4 is 11.1 Å². The van der Waals surface area contributed by atoms with Crippen LogP contribution in [0.15, 0.2) is 29.6 Å². The minimum atomic E-state index is -0.624. The molecule has 0 aliphatic carbocycles. The summed E-state index contributed by atoms with van der Waals surface area (Å²) in [6, 6.07) is 5.27. The summed E-state index contributed by atoms with van der Waals surface area (Å²) in [6.07, 6.45) is 2.13. The van der Waals surface area contributed by atoms with Crippen molar-refractivity contribution in [3.05, 3.63) is 30.1 Å². The van der Waals surface area contributed by atoms with Gasteiger partial charge in [0.1, 0.15) is 0 Å². The van der Waals surface area contributed by atoms with Crippen molar-refractivity contribution in [3.63, 3.8) is 0 Å². The van der Waals surface area contributed by atoms with Gasteiger partial charge in [-0.3, -0.25) is 9.78 Å². The molecule has 1 aromatic heterocycles. The van der Waals surface area contributed by atoms with Crippen LogP contribution in [0.1, 0.15) is 32.0 Å². The molecule has 1 amide bonds. The Balaban J connectivity index is 2.70. The number of hydrogen-bond donors (Lipinski definition) is 3. The molecule has 18 heavy (non-hydrogen) atoms. The van der Waals surface area contributed by atoms with Crippen molar-refractivity contribution in [3.8, 4) is 0 Å². The maximum atomic E-state index is 11.9. The molecule has 0 saturated carbocycles. The van der Waals surface area contributed by atoms with E-state index in [2.05, 4.69) is 15.5 Å². The number of nitrogens with one attached hydrogen (secondary N) is 1. The summed E-state index contributed by atoms with van der Waals surface area (Å²) in [6.45, 7) is 3.63. The molecular weight excluding hydrogens is 232 g/mol. The fraction of sp³-hybridized carbons (Fsp3) is 0.417. The molecule has 1 aromatic rings. The van der Waals surface area contributed by atoms with Gasteiger partial charge in [-0.2, -0.15) is 0 Å². The topological polar surface area (TPSA) is 101 Å². The highest BCUT2D eigenvalue weighted by molar-refractivity contribution is 6.02. The predicted octanol–water partition coefficient (Wildman–Crippen LogP) is 1.03.